The molecule has 0 unspecified atom stereocenters. The van der Waals surface area contributed by atoms with E-state index in [1.165, 1.54) is 4.31 Å². The Morgan fingerprint density at radius 1 is 1.40 bits per heavy atom. The average Bonchev–Trinajstić information content (AvgIpc) is 3.00. The molecule has 2 N–H and O–H groups in total. The van der Waals surface area contributed by atoms with Crippen molar-refractivity contribution in [2.24, 2.45) is 5.92 Å². The van der Waals surface area contributed by atoms with Gasteiger partial charge in [-0.3, -0.25) is 9.59 Å². The highest BCUT2D eigenvalue weighted by molar-refractivity contribution is 7.88. The molecule has 7 nitrogen and oxygen atoms in total. The summed E-state index contributed by atoms with van der Waals surface area (Å²) in [6.07, 6.45) is 2.46. The Morgan fingerprint density at radius 2 is 2.12 bits per heavy atom. The number of carbonyl (C=O) groups is 2. The van der Waals surface area contributed by atoms with Crippen LogP contribution in [0.25, 0.3) is 0 Å². The van der Waals surface area contributed by atoms with E-state index in [4.69, 9.17) is 0 Å². The molecule has 1 aliphatic heterocycles. The number of aryl methyl sites for hydroxylation is 1. The number of carboxylic acid groups (broad SMARTS) is 1. The van der Waals surface area contributed by atoms with Crippen LogP contribution in [-0.4, -0.2) is 55.1 Å². The van der Waals surface area contributed by atoms with E-state index in [1.54, 1.807) is 0 Å². The maximum absolute atomic E-state index is 12.3. The molecule has 1 aromatic rings. The van der Waals surface area contributed by atoms with Gasteiger partial charge >= 0.3 is 5.97 Å². The van der Waals surface area contributed by atoms with Crippen molar-refractivity contribution in [3.63, 3.8) is 0 Å². The Morgan fingerprint density at radius 3 is 2.72 bits per heavy atom. The van der Waals surface area contributed by atoms with Crippen LogP contribution in [0.15, 0.2) is 24.3 Å². The minimum absolute atomic E-state index is 0.0315. The molecule has 1 saturated heterocycles. The van der Waals surface area contributed by atoms with E-state index in [0.29, 0.717) is 25.8 Å². The number of nitrogens with one attached hydrogen (secondary N) is 1. The van der Waals surface area contributed by atoms with Crippen molar-refractivity contribution in [3.05, 3.63) is 35.4 Å². The van der Waals surface area contributed by atoms with Crippen molar-refractivity contribution >= 4 is 21.9 Å². The Labute approximate surface area is 148 Å². The smallest absolute Gasteiger partial charge is 0.308 e. The molecule has 0 aliphatic carbocycles. The predicted molar refractivity (Wildman–Crippen MR) is 93.6 cm³/mol. The maximum atomic E-state index is 12.3. The van der Waals surface area contributed by atoms with Gasteiger partial charge in [0.05, 0.1) is 12.2 Å². The largest absolute Gasteiger partial charge is 0.481 e. The number of rotatable bonds is 7. The monoisotopic (exact) mass is 368 g/mol. The Kier molecular flexibility index (Phi) is 6.18. The van der Waals surface area contributed by atoms with Gasteiger partial charge in [0.2, 0.25) is 15.9 Å². The van der Waals surface area contributed by atoms with Gasteiger partial charge in [-0.05, 0) is 31.7 Å². The van der Waals surface area contributed by atoms with Crippen molar-refractivity contribution in [3.8, 4) is 0 Å². The second kappa shape index (κ2) is 7.97. The van der Waals surface area contributed by atoms with E-state index >= 15 is 0 Å². The van der Waals surface area contributed by atoms with Crippen molar-refractivity contribution < 1.29 is 23.1 Å². The minimum Gasteiger partial charge on any atom is -0.481 e. The molecule has 8 heteroatoms. The summed E-state index contributed by atoms with van der Waals surface area (Å²) in [7, 11) is -3.45. The first-order valence-corrected chi connectivity index (χ1v) is 10.1. The van der Waals surface area contributed by atoms with Gasteiger partial charge in [0.1, 0.15) is 6.04 Å². The fraction of sp³-hybridized carbons (Fsp3) is 0.529. The summed E-state index contributed by atoms with van der Waals surface area (Å²) >= 11 is 0. The molecule has 2 atom stereocenters. The molecule has 2 rings (SSSR count). The predicted octanol–water partition coefficient (Wildman–Crippen LogP) is 0.779. The highest BCUT2D eigenvalue weighted by Gasteiger charge is 2.36. The molecule has 1 aliphatic rings. The third-order valence-electron chi connectivity index (χ3n) is 4.37. The second-order valence-corrected chi connectivity index (χ2v) is 8.44. The topological polar surface area (TPSA) is 104 Å². The fourth-order valence-corrected chi connectivity index (χ4v) is 4.24. The van der Waals surface area contributed by atoms with Gasteiger partial charge in [-0.15, -0.1) is 0 Å². The van der Waals surface area contributed by atoms with Gasteiger partial charge in [-0.25, -0.2) is 8.42 Å². The fourth-order valence-electron chi connectivity index (χ4n) is 3.11. The molecule has 1 aromatic carbocycles. The molecular weight excluding hydrogens is 344 g/mol. The van der Waals surface area contributed by atoms with E-state index in [9.17, 15) is 23.1 Å². The lowest BCUT2D eigenvalue weighted by Crippen LogP contribution is -2.47. The number of benzene rings is 1. The van der Waals surface area contributed by atoms with E-state index in [1.807, 2.05) is 31.2 Å². The molecule has 0 bridgehead atoms. The number of aliphatic carboxylic acids is 1. The van der Waals surface area contributed by atoms with Crippen molar-refractivity contribution in [2.45, 2.75) is 32.2 Å². The molecule has 1 heterocycles. The molecule has 0 aromatic heterocycles. The third kappa shape index (κ3) is 5.27. The summed E-state index contributed by atoms with van der Waals surface area (Å²) < 4.78 is 24.6. The van der Waals surface area contributed by atoms with E-state index in [-0.39, 0.29) is 6.54 Å². The van der Waals surface area contributed by atoms with Crippen molar-refractivity contribution in [1.29, 1.82) is 0 Å². The zero-order valence-corrected chi connectivity index (χ0v) is 15.3. The quantitative estimate of drug-likeness (QED) is 0.740. The van der Waals surface area contributed by atoms with Gasteiger partial charge in [0.15, 0.2) is 0 Å². The number of hydrogen-bond donors (Lipinski definition) is 2. The van der Waals surface area contributed by atoms with Crippen LogP contribution in [0.5, 0.6) is 0 Å². The van der Waals surface area contributed by atoms with E-state index in [2.05, 4.69) is 5.32 Å². The summed E-state index contributed by atoms with van der Waals surface area (Å²) in [6.45, 7) is 2.22. The molecule has 1 fully saturated rings. The summed E-state index contributed by atoms with van der Waals surface area (Å²) in [6, 6.07) is 6.82. The summed E-state index contributed by atoms with van der Waals surface area (Å²) in [4.78, 5) is 23.8. The number of nitrogens with zero attached hydrogens (tertiary/aromatic N) is 1. The minimum atomic E-state index is -3.45. The molecule has 0 saturated carbocycles. The Balaban J connectivity index is 1.99. The first-order valence-electron chi connectivity index (χ1n) is 8.21. The second-order valence-electron chi connectivity index (χ2n) is 6.51. The lowest BCUT2D eigenvalue weighted by Gasteiger charge is -2.22. The number of hydrogen-bond acceptors (Lipinski definition) is 4. The molecule has 138 valence electrons. The molecular formula is C17H24N2O5S. The van der Waals surface area contributed by atoms with Crippen LogP contribution in [0.3, 0.4) is 0 Å². The van der Waals surface area contributed by atoms with Gasteiger partial charge in [-0.2, -0.15) is 4.31 Å². The van der Waals surface area contributed by atoms with Crippen LogP contribution in [-0.2, 0) is 26.0 Å². The van der Waals surface area contributed by atoms with Crippen molar-refractivity contribution in [1.82, 2.24) is 9.62 Å². The Hall–Kier alpha value is -1.93. The molecule has 1 amide bonds. The van der Waals surface area contributed by atoms with Crippen molar-refractivity contribution in [2.75, 3.05) is 19.3 Å². The highest BCUT2D eigenvalue weighted by Crippen LogP contribution is 2.20. The van der Waals surface area contributed by atoms with Gasteiger partial charge < -0.3 is 10.4 Å². The van der Waals surface area contributed by atoms with Crippen LogP contribution >= 0.6 is 0 Å². The van der Waals surface area contributed by atoms with Crippen LogP contribution in [0.4, 0.5) is 0 Å². The first kappa shape index (κ1) is 19.4. The zero-order valence-electron chi connectivity index (χ0n) is 14.4. The number of amides is 1. The summed E-state index contributed by atoms with van der Waals surface area (Å²) in [5.41, 5.74) is 1.93. The Bertz CT molecular complexity index is 747. The summed E-state index contributed by atoms with van der Waals surface area (Å²) in [5.74, 6) is -2.19. The van der Waals surface area contributed by atoms with Crippen LogP contribution in [0, 0.1) is 12.8 Å². The normalized spacial score (nSPS) is 19.5. The average molecular weight is 368 g/mol. The van der Waals surface area contributed by atoms with Gasteiger partial charge in [-0.1, -0.05) is 29.8 Å². The number of sulfonamides is 1. The SMILES string of the molecule is Cc1cccc(C[C@@H](CNC(=O)[C@H]2CCCN2S(C)(=O)=O)C(=O)O)c1. The standard InChI is InChI=1S/C17H24N2O5S/c1-12-5-3-6-13(9-12)10-14(17(21)22)11-18-16(20)15-7-4-8-19(15)25(2,23)24/h3,5-6,9,14-15H,4,7-8,10-11H2,1-2H3,(H,18,20)(H,21,22)/t14-,15+/m0/s1. The van der Waals surface area contributed by atoms with Crippen LogP contribution in [0.2, 0.25) is 0 Å². The molecule has 25 heavy (non-hydrogen) atoms. The van der Waals surface area contributed by atoms with Crippen LogP contribution in [0.1, 0.15) is 24.0 Å². The summed E-state index contributed by atoms with van der Waals surface area (Å²) in [5, 5.41) is 12.0. The number of carboxylic acids is 1. The van der Waals surface area contributed by atoms with Gasteiger partial charge in [0, 0.05) is 13.1 Å². The first-order chi connectivity index (χ1) is 11.7. The maximum Gasteiger partial charge on any atom is 0.308 e. The molecule has 0 radical (unpaired) electrons. The van der Waals surface area contributed by atoms with Gasteiger partial charge in [0.25, 0.3) is 0 Å². The zero-order chi connectivity index (χ0) is 18.6. The lowest BCUT2D eigenvalue weighted by molar-refractivity contribution is -0.141. The highest BCUT2D eigenvalue weighted by atomic mass is 32.2. The van der Waals surface area contributed by atoms with E-state index < -0.39 is 33.9 Å². The number of carbonyl (C=O) groups excluding carboxylic acids is 1. The van der Waals surface area contributed by atoms with Crippen LogP contribution < -0.4 is 5.32 Å². The van der Waals surface area contributed by atoms with E-state index in [0.717, 1.165) is 17.4 Å². The molecule has 0 spiro atoms. The lowest BCUT2D eigenvalue weighted by atomic mass is 9.98. The third-order valence-corrected chi connectivity index (χ3v) is 5.66.